The van der Waals surface area contributed by atoms with Crippen molar-refractivity contribution in [2.45, 2.75) is 31.4 Å². The molecule has 0 bridgehead atoms. The molecule has 4 N–H and O–H groups in total. The average Bonchev–Trinajstić information content (AvgIpc) is 3.39. The van der Waals surface area contributed by atoms with Gasteiger partial charge in [0.2, 0.25) is 0 Å². The Morgan fingerprint density at radius 2 is 2.24 bits per heavy atom. The van der Waals surface area contributed by atoms with E-state index in [0.717, 1.165) is 6.42 Å². The monoisotopic (exact) mass is 439 g/mol. The highest BCUT2D eigenvalue weighted by atomic mass is 32.2. The lowest BCUT2D eigenvalue weighted by Gasteiger charge is -2.12. The number of hydrogen-bond acceptors (Lipinski definition) is 10. The van der Waals surface area contributed by atoms with Gasteiger partial charge >= 0.3 is 10.3 Å². The third-order valence-electron chi connectivity index (χ3n) is 4.93. The first kappa shape index (κ1) is 20.1. The smallest absolute Gasteiger partial charge is 0.333 e. The van der Waals surface area contributed by atoms with Gasteiger partial charge in [0, 0.05) is 17.3 Å². The van der Waals surface area contributed by atoms with E-state index < -0.39 is 16.4 Å². The Kier molecular flexibility index (Phi) is 5.74. The maximum atomic E-state index is 11.0. The van der Waals surface area contributed by atoms with Gasteiger partial charge in [0.05, 0.1) is 18.8 Å². The number of rotatable bonds is 8. The van der Waals surface area contributed by atoms with Crippen molar-refractivity contribution < 1.29 is 17.7 Å². The van der Waals surface area contributed by atoms with Crippen molar-refractivity contribution in [3.05, 3.63) is 28.7 Å². The summed E-state index contributed by atoms with van der Waals surface area (Å²) in [5, 5.41) is 28.9. The molecule has 1 fully saturated rings. The fourth-order valence-electron chi connectivity index (χ4n) is 3.53. The molecule has 1 aliphatic carbocycles. The van der Waals surface area contributed by atoms with E-state index in [-0.39, 0.29) is 18.6 Å². The van der Waals surface area contributed by atoms with E-state index in [1.807, 2.05) is 11.4 Å². The molecule has 1 saturated carbocycles. The predicted octanol–water partition coefficient (Wildman–Crippen LogP) is 0.469. The molecule has 156 valence electrons. The van der Waals surface area contributed by atoms with E-state index in [9.17, 15) is 13.5 Å². The van der Waals surface area contributed by atoms with Crippen LogP contribution in [0.25, 0.3) is 11.2 Å². The van der Waals surface area contributed by atoms with Gasteiger partial charge in [-0.05, 0) is 30.7 Å². The van der Waals surface area contributed by atoms with Crippen LogP contribution in [0.1, 0.15) is 23.8 Å². The highest BCUT2D eigenvalue weighted by Gasteiger charge is 2.36. The predicted molar refractivity (Wildman–Crippen MR) is 106 cm³/mol. The number of nitrogens with one attached hydrogen (secondary N) is 1. The summed E-state index contributed by atoms with van der Waals surface area (Å²) >= 11 is 1.70. The minimum absolute atomic E-state index is 0.173. The molecule has 0 aliphatic heterocycles. The summed E-state index contributed by atoms with van der Waals surface area (Å²) in [4.78, 5) is 9.84. The minimum atomic E-state index is -4.05. The van der Waals surface area contributed by atoms with Gasteiger partial charge in [0.1, 0.15) is 6.33 Å². The van der Waals surface area contributed by atoms with E-state index >= 15 is 0 Å². The zero-order valence-corrected chi connectivity index (χ0v) is 17.0. The fraction of sp³-hybridized carbons (Fsp3) is 0.500. The van der Waals surface area contributed by atoms with Crippen molar-refractivity contribution in [2.24, 2.45) is 11.1 Å². The van der Waals surface area contributed by atoms with Crippen LogP contribution in [0.2, 0.25) is 0 Å². The van der Waals surface area contributed by atoms with E-state index in [1.165, 1.54) is 11.2 Å². The molecular formula is C16H21N7O4S2. The fourth-order valence-corrected chi connectivity index (χ4v) is 4.61. The molecule has 0 unspecified atom stereocenters. The summed E-state index contributed by atoms with van der Waals surface area (Å²) in [5.74, 6) is 0.230. The van der Waals surface area contributed by atoms with Crippen molar-refractivity contribution in [3.63, 3.8) is 0 Å². The maximum Gasteiger partial charge on any atom is 0.333 e. The summed E-state index contributed by atoms with van der Waals surface area (Å²) in [5.41, 5.74) is 1.11. The number of aromatic nitrogens is 5. The zero-order chi connectivity index (χ0) is 20.4. The number of aliphatic hydroxyl groups excluding tert-OH is 1. The second-order valence-corrected chi connectivity index (χ2v) is 9.17. The van der Waals surface area contributed by atoms with E-state index in [0.29, 0.717) is 36.4 Å². The lowest BCUT2D eigenvalue weighted by Crippen LogP contribution is -2.24. The van der Waals surface area contributed by atoms with Gasteiger partial charge < -0.3 is 10.4 Å². The number of thiophene rings is 1. The highest BCUT2D eigenvalue weighted by Crippen LogP contribution is 2.36. The number of nitrogens with zero attached hydrogens (tertiary/aromatic N) is 5. The first-order valence-electron chi connectivity index (χ1n) is 9.08. The second-order valence-electron chi connectivity index (χ2n) is 6.91. The first-order chi connectivity index (χ1) is 13.9. The lowest BCUT2D eigenvalue weighted by atomic mass is 10.1. The number of fused-ring (bicyclic) bond motifs is 1. The molecule has 11 nitrogen and oxygen atoms in total. The number of hydrogen-bond donors (Lipinski definition) is 3. The van der Waals surface area contributed by atoms with Crippen LogP contribution in [-0.2, 0) is 20.9 Å². The van der Waals surface area contributed by atoms with Crippen LogP contribution in [0, 0.1) is 5.92 Å². The average molecular weight is 440 g/mol. The van der Waals surface area contributed by atoms with E-state index in [1.54, 1.807) is 16.0 Å². The molecule has 1 aliphatic rings. The number of nitrogens with two attached hydrogens (primary N) is 1. The molecule has 0 saturated heterocycles. The summed E-state index contributed by atoms with van der Waals surface area (Å²) in [6.45, 7) is 0.530. The standard InChI is InChI=1S/C16H21N7O4S2/c17-29(25,26)27-8-10-6-11(7-13(10)24)23-16-14(21-22-23)15(19-9-20-16)18-4-3-12-2-1-5-28-12/h1-2,5,9-11,13,24H,3-4,6-8H2,(H2,17,25,26)(H,18,19,20)/t10-,11+,13-/m0/s1. The molecule has 0 radical (unpaired) electrons. The Hall–Kier alpha value is -2.19. The van der Waals surface area contributed by atoms with Crippen molar-refractivity contribution in [1.29, 1.82) is 0 Å². The van der Waals surface area contributed by atoms with Gasteiger partial charge in [-0.2, -0.15) is 8.42 Å². The Balaban J connectivity index is 1.46. The highest BCUT2D eigenvalue weighted by molar-refractivity contribution is 7.84. The van der Waals surface area contributed by atoms with Gasteiger partial charge in [-0.25, -0.2) is 19.8 Å². The Morgan fingerprint density at radius 1 is 1.38 bits per heavy atom. The molecule has 29 heavy (non-hydrogen) atoms. The van der Waals surface area contributed by atoms with Crippen LogP contribution in [0.4, 0.5) is 5.82 Å². The maximum absolute atomic E-state index is 11.0. The van der Waals surface area contributed by atoms with Crippen LogP contribution in [-0.4, -0.2) is 57.7 Å². The molecule has 0 spiro atoms. The second kappa shape index (κ2) is 8.28. The van der Waals surface area contributed by atoms with Gasteiger partial charge in [-0.15, -0.1) is 16.4 Å². The van der Waals surface area contributed by atoms with Crippen molar-refractivity contribution in [2.75, 3.05) is 18.5 Å². The summed E-state index contributed by atoms with van der Waals surface area (Å²) in [6.07, 6.45) is 2.45. The van der Waals surface area contributed by atoms with Crippen LogP contribution in [0.3, 0.4) is 0 Å². The van der Waals surface area contributed by atoms with Crippen molar-refractivity contribution in [3.8, 4) is 0 Å². The Labute approximate surface area is 171 Å². The van der Waals surface area contributed by atoms with Crippen molar-refractivity contribution in [1.82, 2.24) is 25.0 Å². The number of aliphatic hydroxyl groups is 1. The summed E-state index contributed by atoms with van der Waals surface area (Å²) in [6, 6.07) is 3.92. The van der Waals surface area contributed by atoms with Gasteiger partial charge in [-0.3, -0.25) is 4.18 Å². The third-order valence-corrected chi connectivity index (χ3v) is 6.33. The van der Waals surface area contributed by atoms with Gasteiger partial charge in [0.25, 0.3) is 0 Å². The van der Waals surface area contributed by atoms with E-state index in [4.69, 9.17) is 5.14 Å². The Bertz CT molecular complexity index is 1070. The number of anilines is 1. The van der Waals surface area contributed by atoms with Crippen LogP contribution in [0.15, 0.2) is 23.8 Å². The first-order valence-corrected chi connectivity index (χ1v) is 11.4. The van der Waals surface area contributed by atoms with Crippen LogP contribution in [0.5, 0.6) is 0 Å². The molecule has 3 aromatic rings. The topological polar surface area (TPSA) is 158 Å². The lowest BCUT2D eigenvalue weighted by molar-refractivity contribution is 0.100. The van der Waals surface area contributed by atoms with E-state index in [2.05, 4.69) is 35.8 Å². The SMILES string of the molecule is NS(=O)(=O)OC[C@@H]1C[C@@H](n2nnc3c(NCCc4cccs4)ncnc32)C[C@@H]1O. The normalized spacial score (nSPS) is 22.3. The zero-order valence-electron chi connectivity index (χ0n) is 15.4. The molecule has 3 aromatic heterocycles. The third kappa shape index (κ3) is 4.70. The minimum Gasteiger partial charge on any atom is -0.393 e. The summed E-state index contributed by atoms with van der Waals surface area (Å²) < 4.78 is 28.3. The Morgan fingerprint density at radius 3 is 3.00 bits per heavy atom. The van der Waals surface area contributed by atoms with Crippen molar-refractivity contribution >= 4 is 38.6 Å². The van der Waals surface area contributed by atoms with Gasteiger partial charge in [-0.1, -0.05) is 11.3 Å². The van der Waals surface area contributed by atoms with Crippen LogP contribution < -0.4 is 10.5 Å². The molecule has 0 amide bonds. The quantitative estimate of drug-likeness (QED) is 0.453. The van der Waals surface area contributed by atoms with Crippen LogP contribution >= 0.6 is 11.3 Å². The van der Waals surface area contributed by atoms with Gasteiger partial charge in [0.15, 0.2) is 17.0 Å². The molecule has 0 aromatic carbocycles. The summed E-state index contributed by atoms with van der Waals surface area (Å²) in [7, 11) is -4.05. The molecule has 3 atom stereocenters. The molecular weight excluding hydrogens is 418 g/mol. The molecule has 4 rings (SSSR count). The molecule has 3 heterocycles. The largest absolute Gasteiger partial charge is 0.393 e. The molecule has 13 heteroatoms.